The lowest BCUT2D eigenvalue weighted by Gasteiger charge is -2.24. The number of rotatable bonds is 7. The Morgan fingerprint density at radius 3 is 2.21 bits per heavy atom. The number of amides is 1. The standard InChI is InChI=1S/C20H24Cl2N2O3S/c1-5-24(15-9-7-6-8-10-15)28(26,27)19-11-16(17(21)12-18(19)22)20(25)23-14(4)13(2)3/h6-14H,5H2,1-4H3,(H,23,25). The van der Waals surface area contributed by atoms with Crippen molar-refractivity contribution in [2.24, 2.45) is 5.92 Å². The molecule has 2 aromatic carbocycles. The number of nitrogens with one attached hydrogen (secondary N) is 1. The van der Waals surface area contributed by atoms with Gasteiger partial charge in [0.25, 0.3) is 15.9 Å². The Kier molecular flexibility index (Phi) is 7.37. The molecule has 0 saturated carbocycles. The molecule has 0 bridgehead atoms. The number of carbonyl (C=O) groups is 1. The average Bonchev–Trinajstić information content (AvgIpc) is 2.62. The lowest BCUT2D eigenvalue weighted by atomic mass is 10.1. The minimum absolute atomic E-state index is 0.0344. The number of sulfonamides is 1. The summed E-state index contributed by atoms with van der Waals surface area (Å²) in [5, 5.41) is 2.90. The molecule has 0 aliphatic heterocycles. The van der Waals surface area contributed by atoms with Gasteiger partial charge in [0.05, 0.1) is 21.3 Å². The molecule has 28 heavy (non-hydrogen) atoms. The van der Waals surface area contributed by atoms with Crippen LogP contribution < -0.4 is 9.62 Å². The summed E-state index contributed by atoms with van der Waals surface area (Å²) < 4.78 is 27.8. The van der Waals surface area contributed by atoms with Crippen molar-refractivity contribution in [3.05, 3.63) is 58.1 Å². The van der Waals surface area contributed by atoms with E-state index in [2.05, 4.69) is 5.32 Å². The van der Waals surface area contributed by atoms with Gasteiger partial charge in [-0.25, -0.2) is 8.42 Å². The third-order valence-corrected chi connectivity index (χ3v) is 7.20. The fourth-order valence-corrected chi connectivity index (χ4v) is 4.87. The molecule has 0 fully saturated rings. The van der Waals surface area contributed by atoms with Gasteiger partial charge in [-0.2, -0.15) is 0 Å². The zero-order chi connectivity index (χ0) is 21.1. The second-order valence-electron chi connectivity index (χ2n) is 6.77. The van der Waals surface area contributed by atoms with Gasteiger partial charge in [-0.3, -0.25) is 9.10 Å². The molecule has 152 valence electrons. The van der Waals surface area contributed by atoms with Crippen LogP contribution in [0.5, 0.6) is 0 Å². The van der Waals surface area contributed by atoms with E-state index in [-0.39, 0.29) is 39.0 Å². The van der Waals surface area contributed by atoms with E-state index in [0.717, 1.165) is 0 Å². The lowest BCUT2D eigenvalue weighted by molar-refractivity contribution is 0.0930. The summed E-state index contributed by atoms with van der Waals surface area (Å²) in [5.74, 6) is -0.228. The summed E-state index contributed by atoms with van der Waals surface area (Å²) in [6, 6.07) is 11.1. The van der Waals surface area contributed by atoms with Crippen molar-refractivity contribution >= 4 is 44.8 Å². The van der Waals surface area contributed by atoms with E-state index in [1.807, 2.05) is 20.8 Å². The van der Waals surface area contributed by atoms with Crippen LogP contribution in [0.3, 0.4) is 0 Å². The maximum atomic E-state index is 13.3. The maximum Gasteiger partial charge on any atom is 0.265 e. The first-order valence-electron chi connectivity index (χ1n) is 8.97. The number of hydrogen-bond acceptors (Lipinski definition) is 3. The van der Waals surface area contributed by atoms with Crippen molar-refractivity contribution in [3.8, 4) is 0 Å². The molecule has 1 unspecified atom stereocenters. The van der Waals surface area contributed by atoms with E-state index in [4.69, 9.17) is 23.2 Å². The first kappa shape index (κ1) is 22.5. The minimum Gasteiger partial charge on any atom is -0.349 e. The van der Waals surface area contributed by atoms with E-state index < -0.39 is 15.9 Å². The quantitative estimate of drug-likeness (QED) is 0.656. The maximum absolute atomic E-state index is 13.3. The number of hydrogen-bond donors (Lipinski definition) is 1. The van der Waals surface area contributed by atoms with Gasteiger partial charge < -0.3 is 5.32 Å². The van der Waals surface area contributed by atoms with Gasteiger partial charge in [0.15, 0.2) is 0 Å². The Balaban J connectivity index is 2.51. The summed E-state index contributed by atoms with van der Waals surface area (Å²) in [4.78, 5) is 12.5. The third-order valence-electron chi connectivity index (χ3n) is 4.52. The molecule has 1 N–H and O–H groups in total. The molecule has 2 rings (SSSR count). The van der Waals surface area contributed by atoms with Crippen molar-refractivity contribution < 1.29 is 13.2 Å². The molecule has 8 heteroatoms. The highest BCUT2D eigenvalue weighted by Gasteiger charge is 2.28. The molecule has 0 aliphatic carbocycles. The van der Waals surface area contributed by atoms with E-state index in [1.165, 1.54) is 16.4 Å². The molecule has 5 nitrogen and oxygen atoms in total. The molecular formula is C20H24Cl2N2O3S. The first-order chi connectivity index (χ1) is 13.1. The highest BCUT2D eigenvalue weighted by molar-refractivity contribution is 7.93. The Bertz CT molecular complexity index is 947. The minimum atomic E-state index is -3.99. The van der Waals surface area contributed by atoms with E-state index in [1.54, 1.807) is 37.3 Å². The predicted molar refractivity (Wildman–Crippen MR) is 115 cm³/mol. The fraction of sp³-hybridized carbons (Fsp3) is 0.350. The van der Waals surface area contributed by atoms with Crippen molar-refractivity contribution in [3.63, 3.8) is 0 Å². The Labute approximate surface area is 176 Å². The number of halogens is 2. The van der Waals surface area contributed by atoms with Crippen molar-refractivity contribution in [1.82, 2.24) is 5.32 Å². The number of nitrogens with zero attached hydrogens (tertiary/aromatic N) is 1. The van der Waals surface area contributed by atoms with Gasteiger partial charge >= 0.3 is 0 Å². The van der Waals surface area contributed by atoms with E-state index >= 15 is 0 Å². The molecule has 0 radical (unpaired) electrons. The molecule has 0 aromatic heterocycles. The van der Waals surface area contributed by atoms with Gasteiger partial charge in [0, 0.05) is 12.6 Å². The Morgan fingerprint density at radius 1 is 1.07 bits per heavy atom. The lowest BCUT2D eigenvalue weighted by Crippen LogP contribution is -2.36. The van der Waals surface area contributed by atoms with Gasteiger partial charge in [0.2, 0.25) is 0 Å². The first-order valence-corrected chi connectivity index (χ1v) is 11.2. The average molecular weight is 443 g/mol. The normalized spacial score (nSPS) is 12.7. The molecule has 1 atom stereocenters. The second-order valence-corrected chi connectivity index (χ2v) is 9.42. The van der Waals surface area contributed by atoms with Crippen molar-refractivity contribution in [2.75, 3.05) is 10.8 Å². The van der Waals surface area contributed by atoms with E-state index in [0.29, 0.717) is 5.69 Å². The monoisotopic (exact) mass is 442 g/mol. The second kappa shape index (κ2) is 9.16. The predicted octanol–water partition coefficient (Wildman–Crippen LogP) is 4.98. The zero-order valence-electron chi connectivity index (χ0n) is 16.2. The molecular weight excluding hydrogens is 419 g/mol. The smallest absolute Gasteiger partial charge is 0.265 e. The summed E-state index contributed by atoms with van der Waals surface area (Å²) in [7, 11) is -3.99. The summed E-state index contributed by atoms with van der Waals surface area (Å²) in [6.07, 6.45) is 0. The largest absolute Gasteiger partial charge is 0.349 e. The van der Waals surface area contributed by atoms with Gasteiger partial charge in [-0.1, -0.05) is 55.2 Å². The van der Waals surface area contributed by atoms with Crippen LogP contribution in [0, 0.1) is 5.92 Å². The third kappa shape index (κ3) is 4.80. The highest BCUT2D eigenvalue weighted by atomic mass is 35.5. The molecule has 1 amide bonds. The number of carbonyl (C=O) groups excluding carboxylic acids is 1. The molecule has 0 spiro atoms. The fourth-order valence-electron chi connectivity index (χ4n) is 2.56. The van der Waals surface area contributed by atoms with Crippen LogP contribution in [0.2, 0.25) is 10.0 Å². The van der Waals surface area contributed by atoms with Crippen LogP contribution in [0.15, 0.2) is 47.4 Å². The Morgan fingerprint density at radius 2 is 1.68 bits per heavy atom. The van der Waals surface area contributed by atoms with Crippen LogP contribution in [0.25, 0.3) is 0 Å². The van der Waals surface area contributed by atoms with Gasteiger partial charge in [-0.05, 0) is 44.0 Å². The zero-order valence-corrected chi connectivity index (χ0v) is 18.6. The summed E-state index contributed by atoms with van der Waals surface area (Å²) >= 11 is 12.4. The van der Waals surface area contributed by atoms with Crippen LogP contribution in [-0.2, 0) is 10.0 Å². The van der Waals surface area contributed by atoms with Gasteiger partial charge in [0.1, 0.15) is 4.90 Å². The highest BCUT2D eigenvalue weighted by Crippen LogP contribution is 2.32. The number of anilines is 1. The van der Waals surface area contributed by atoms with Crippen LogP contribution in [0.1, 0.15) is 38.1 Å². The molecule has 0 saturated heterocycles. The SMILES string of the molecule is CCN(c1ccccc1)S(=O)(=O)c1cc(C(=O)NC(C)C(C)C)c(Cl)cc1Cl. The summed E-state index contributed by atoms with van der Waals surface area (Å²) in [6.45, 7) is 7.76. The van der Waals surface area contributed by atoms with Crippen molar-refractivity contribution in [2.45, 2.75) is 38.6 Å². The molecule has 0 aliphatic rings. The number of para-hydroxylation sites is 1. The van der Waals surface area contributed by atoms with Crippen LogP contribution in [0.4, 0.5) is 5.69 Å². The molecule has 0 heterocycles. The number of benzene rings is 2. The van der Waals surface area contributed by atoms with Crippen molar-refractivity contribution in [1.29, 1.82) is 0 Å². The topological polar surface area (TPSA) is 66.5 Å². The van der Waals surface area contributed by atoms with Crippen LogP contribution in [-0.4, -0.2) is 26.9 Å². The Hall–Kier alpha value is -1.76. The molecule has 2 aromatic rings. The van der Waals surface area contributed by atoms with E-state index in [9.17, 15) is 13.2 Å². The summed E-state index contributed by atoms with van der Waals surface area (Å²) in [5.41, 5.74) is 0.580. The van der Waals surface area contributed by atoms with Crippen LogP contribution >= 0.6 is 23.2 Å². The van der Waals surface area contributed by atoms with Gasteiger partial charge in [-0.15, -0.1) is 0 Å².